The molecular weight excluding hydrogens is 205 g/mol. The summed E-state index contributed by atoms with van der Waals surface area (Å²) >= 11 is 0. The molecule has 0 saturated heterocycles. The van der Waals surface area contributed by atoms with Gasteiger partial charge in [-0.25, -0.2) is 4.39 Å². The first-order valence-corrected chi connectivity index (χ1v) is 4.85. The van der Waals surface area contributed by atoms with Gasteiger partial charge in [0.15, 0.2) is 0 Å². The molecule has 2 rings (SSSR count). The van der Waals surface area contributed by atoms with Crippen LogP contribution in [0.15, 0.2) is 42.7 Å². The number of nitriles is 1. The van der Waals surface area contributed by atoms with Crippen molar-refractivity contribution in [3.05, 3.63) is 59.7 Å². The van der Waals surface area contributed by atoms with E-state index >= 15 is 0 Å². The quantitative estimate of drug-likeness (QED) is 0.853. The number of hydrogen-bond donors (Lipinski definition) is 1. The largest absolute Gasteiger partial charge is 0.322 e. The van der Waals surface area contributed by atoms with E-state index in [1.54, 1.807) is 16.8 Å². The molecule has 3 nitrogen and oxygen atoms in total. The number of rotatable bonds is 3. The SMILES string of the molecule is N#Cc1ccc(CNn2cccc2)c(F)c1. The lowest BCUT2D eigenvalue weighted by atomic mass is 10.1. The summed E-state index contributed by atoms with van der Waals surface area (Å²) in [6, 6.07) is 10.1. The fourth-order valence-electron chi connectivity index (χ4n) is 1.38. The van der Waals surface area contributed by atoms with Crippen LogP contribution in [-0.2, 0) is 6.54 Å². The van der Waals surface area contributed by atoms with Crippen molar-refractivity contribution in [2.45, 2.75) is 6.54 Å². The van der Waals surface area contributed by atoms with Gasteiger partial charge in [0.1, 0.15) is 5.82 Å². The summed E-state index contributed by atoms with van der Waals surface area (Å²) in [5.41, 5.74) is 3.88. The van der Waals surface area contributed by atoms with Crippen LogP contribution in [0, 0.1) is 17.1 Å². The fraction of sp³-hybridized carbons (Fsp3) is 0.0833. The molecule has 1 aromatic heterocycles. The smallest absolute Gasteiger partial charge is 0.129 e. The van der Waals surface area contributed by atoms with Gasteiger partial charge in [0.25, 0.3) is 0 Å². The van der Waals surface area contributed by atoms with Gasteiger partial charge in [-0.05, 0) is 24.3 Å². The van der Waals surface area contributed by atoms with Gasteiger partial charge in [-0.3, -0.25) is 4.68 Å². The Hall–Kier alpha value is -2.28. The average molecular weight is 215 g/mol. The van der Waals surface area contributed by atoms with Crippen molar-refractivity contribution >= 4 is 0 Å². The maximum Gasteiger partial charge on any atom is 0.129 e. The van der Waals surface area contributed by atoms with Crippen molar-refractivity contribution in [3.8, 4) is 6.07 Å². The molecule has 0 radical (unpaired) electrons. The molecule has 0 atom stereocenters. The summed E-state index contributed by atoms with van der Waals surface area (Å²) in [7, 11) is 0. The molecule has 0 unspecified atom stereocenters. The van der Waals surface area contributed by atoms with Crippen molar-refractivity contribution < 1.29 is 4.39 Å². The minimum atomic E-state index is -0.362. The van der Waals surface area contributed by atoms with E-state index in [1.807, 2.05) is 30.6 Å². The normalized spacial score (nSPS) is 9.75. The van der Waals surface area contributed by atoms with Crippen molar-refractivity contribution in [1.82, 2.24) is 4.68 Å². The molecule has 16 heavy (non-hydrogen) atoms. The third-order valence-electron chi connectivity index (χ3n) is 2.24. The molecule has 0 aliphatic rings. The molecule has 0 bridgehead atoms. The Labute approximate surface area is 92.7 Å². The van der Waals surface area contributed by atoms with Crippen molar-refractivity contribution in [1.29, 1.82) is 5.26 Å². The number of halogens is 1. The number of hydrogen-bond acceptors (Lipinski definition) is 2. The molecule has 0 saturated carbocycles. The lowest BCUT2D eigenvalue weighted by Gasteiger charge is -2.08. The lowest BCUT2D eigenvalue weighted by molar-refractivity contribution is 0.608. The van der Waals surface area contributed by atoms with Crippen LogP contribution >= 0.6 is 0 Å². The number of benzene rings is 1. The van der Waals surface area contributed by atoms with Gasteiger partial charge in [0.05, 0.1) is 18.2 Å². The van der Waals surface area contributed by atoms with Gasteiger partial charge in [0.2, 0.25) is 0 Å². The first-order valence-electron chi connectivity index (χ1n) is 4.85. The zero-order valence-corrected chi connectivity index (χ0v) is 8.52. The highest BCUT2D eigenvalue weighted by molar-refractivity contribution is 5.33. The maximum atomic E-state index is 13.5. The highest BCUT2D eigenvalue weighted by Gasteiger charge is 2.02. The molecule has 2 aromatic rings. The predicted molar refractivity (Wildman–Crippen MR) is 58.6 cm³/mol. The van der Waals surface area contributed by atoms with Gasteiger partial charge >= 0.3 is 0 Å². The van der Waals surface area contributed by atoms with Gasteiger partial charge in [-0.2, -0.15) is 5.26 Å². The van der Waals surface area contributed by atoms with E-state index in [0.717, 1.165) is 0 Å². The Morgan fingerprint density at radius 3 is 2.69 bits per heavy atom. The standard InChI is InChI=1S/C12H10FN3/c13-12-7-10(8-14)3-4-11(12)9-15-16-5-1-2-6-16/h1-7,15H,9H2. The third kappa shape index (κ3) is 2.20. The van der Waals surface area contributed by atoms with Crippen LogP contribution in [0.5, 0.6) is 0 Å². The molecule has 0 fully saturated rings. The van der Waals surface area contributed by atoms with E-state index in [-0.39, 0.29) is 5.82 Å². The molecule has 0 aliphatic heterocycles. The first kappa shape index (κ1) is 10.2. The van der Waals surface area contributed by atoms with Crippen LogP contribution in [0.2, 0.25) is 0 Å². The topological polar surface area (TPSA) is 40.8 Å². The second kappa shape index (κ2) is 4.49. The van der Waals surface area contributed by atoms with E-state index in [9.17, 15) is 4.39 Å². The number of nitrogens with zero attached hydrogens (tertiary/aromatic N) is 2. The van der Waals surface area contributed by atoms with E-state index in [2.05, 4.69) is 5.43 Å². The van der Waals surface area contributed by atoms with Gasteiger partial charge in [-0.15, -0.1) is 0 Å². The van der Waals surface area contributed by atoms with Crippen LogP contribution in [0.1, 0.15) is 11.1 Å². The zero-order chi connectivity index (χ0) is 11.4. The molecule has 4 heteroatoms. The average Bonchev–Trinajstić information content (AvgIpc) is 2.80. The summed E-state index contributed by atoms with van der Waals surface area (Å²) in [6.45, 7) is 0.381. The summed E-state index contributed by atoms with van der Waals surface area (Å²) in [6.07, 6.45) is 3.67. The molecule has 0 amide bonds. The van der Waals surface area contributed by atoms with E-state index in [4.69, 9.17) is 5.26 Å². The molecule has 0 spiro atoms. The molecular formula is C12H10FN3. The highest BCUT2D eigenvalue weighted by atomic mass is 19.1. The molecule has 1 heterocycles. The fourth-order valence-corrected chi connectivity index (χ4v) is 1.38. The Bertz CT molecular complexity index is 512. The highest BCUT2D eigenvalue weighted by Crippen LogP contribution is 2.09. The Kier molecular flexibility index (Phi) is 2.88. The van der Waals surface area contributed by atoms with Crippen LogP contribution < -0.4 is 5.43 Å². The van der Waals surface area contributed by atoms with Crippen LogP contribution in [0.4, 0.5) is 4.39 Å². The summed E-state index contributed by atoms with van der Waals surface area (Å²) in [4.78, 5) is 0. The summed E-state index contributed by atoms with van der Waals surface area (Å²) < 4.78 is 15.2. The molecule has 0 aliphatic carbocycles. The predicted octanol–water partition coefficient (Wildman–Crippen LogP) is 2.24. The van der Waals surface area contributed by atoms with E-state index in [0.29, 0.717) is 17.7 Å². The number of nitrogens with one attached hydrogen (secondary N) is 1. The lowest BCUT2D eigenvalue weighted by Crippen LogP contribution is -2.12. The maximum absolute atomic E-state index is 13.5. The Balaban J connectivity index is 2.08. The Morgan fingerprint density at radius 1 is 1.31 bits per heavy atom. The summed E-state index contributed by atoms with van der Waals surface area (Å²) in [5.74, 6) is -0.362. The molecule has 80 valence electrons. The van der Waals surface area contributed by atoms with Gasteiger partial charge in [0, 0.05) is 18.0 Å². The van der Waals surface area contributed by atoms with Crippen molar-refractivity contribution in [2.75, 3.05) is 5.43 Å². The molecule has 1 aromatic carbocycles. The molecule has 1 N–H and O–H groups in total. The second-order valence-corrected chi connectivity index (χ2v) is 3.34. The van der Waals surface area contributed by atoms with Gasteiger partial charge in [-0.1, -0.05) is 6.07 Å². The minimum Gasteiger partial charge on any atom is -0.322 e. The Morgan fingerprint density at radius 2 is 2.06 bits per heavy atom. The van der Waals surface area contributed by atoms with Crippen LogP contribution in [0.25, 0.3) is 0 Å². The summed E-state index contributed by atoms with van der Waals surface area (Å²) in [5, 5.41) is 8.60. The van der Waals surface area contributed by atoms with E-state index < -0.39 is 0 Å². The third-order valence-corrected chi connectivity index (χ3v) is 2.24. The first-order chi connectivity index (χ1) is 7.79. The van der Waals surface area contributed by atoms with E-state index in [1.165, 1.54) is 6.07 Å². The van der Waals surface area contributed by atoms with Crippen molar-refractivity contribution in [2.24, 2.45) is 0 Å². The number of aromatic nitrogens is 1. The van der Waals surface area contributed by atoms with Crippen LogP contribution in [0.3, 0.4) is 0 Å². The van der Waals surface area contributed by atoms with Crippen molar-refractivity contribution in [3.63, 3.8) is 0 Å². The van der Waals surface area contributed by atoms with Gasteiger partial charge < -0.3 is 5.43 Å². The minimum absolute atomic E-state index is 0.335. The monoisotopic (exact) mass is 215 g/mol. The van der Waals surface area contributed by atoms with Crippen LogP contribution in [-0.4, -0.2) is 4.68 Å². The zero-order valence-electron chi connectivity index (χ0n) is 8.52. The second-order valence-electron chi connectivity index (χ2n) is 3.34.